The first-order valence-electron chi connectivity index (χ1n) is 13.6. The standard InChI is InChI=1S/C27H55NO2.K/c1-4-6-8-10-12-14-16-18-20-24-28(26(3)22-23-27(29)30)25-21-19-17-15-13-11-9-7-5-2;/h26H,4-25H2,1-3H3,(H,29,30);/q;+1/p-1. The molecule has 0 aromatic rings. The maximum atomic E-state index is 10.8. The molecular weight excluding hydrogens is 409 g/mol. The zero-order valence-corrected chi connectivity index (χ0v) is 25.0. The molecular formula is C27H54KNO2. The molecule has 1 atom stereocenters. The summed E-state index contributed by atoms with van der Waals surface area (Å²) in [7, 11) is 0. The van der Waals surface area contributed by atoms with Crippen LogP contribution in [0.5, 0.6) is 0 Å². The summed E-state index contributed by atoms with van der Waals surface area (Å²) in [6, 6.07) is 0.353. The Kier molecular flexibility index (Phi) is 30.2. The minimum Gasteiger partial charge on any atom is -0.550 e. The Bertz CT molecular complexity index is 343. The summed E-state index contributed by atoms with van der Waals surface area (Å²) in [6.07, 6.45) is 25.3. The van der Waals surface area contributed by atoms with Crippen LogP contribution in [0, 0.1) is 0 Å². The number of unbranched alkanes of at least 4 members (excludes halogenated alkanes) is 16. The summed E-state index contributed by atoms with van der Waals surface area (Å²) < 4.78 is 0. The maximum Gasteiger partial charge on any atom is 1.00 e. The predicted molar refractivity (Wildman–Crippen MR) is 130 cm³/mol. The Labute approximate surface area is 238 Å². The van der Waals surface area contributed by atoms with Gasteiger partial charge in [0.2, 0.25) is 0 Å². The van der Waals surface area contributed by atoms with Crippen molar-refractivity contribution in [2.45, 2.75) is 155 Å². The number of carbonyl (C=O) groups excluding carboxylic acids is 1. The Morgan fingerprint density at radius 3 is 1.29 bits per heavy atom. The number of aliphatic carboxylic acids is 1. The average molecular weight is 464 g/mol. The van der Waals surface area contributed by atoms with Crippen molar-refractivity contribution in [2.24, 2.45) is 0 Å². The van der Waals surface area contributed by atoms with E-state index in [1.807, 2.05) is 0 Å². The fourth-order valence-electron chi connectivity index (χ4n) is 4.31. The number of hydrogen-bond donors (Lipinski definition) is 0. The monoisotopic (exact) mass is 463 g/mol. The van der Waals surface area contributed by atoms with Gasteiger partial charge in [-0.2, -0.15) is 0 Å². The van der Waals surface area contributed by atoms with E-state index in [4.69, 9.17) is 0 Å². The third-order valence-corrected chi connectivity index (χ3v) is 6.49. The minimum atomic E-state index is -0.909. The van der Waals surface area contributed by atoms with Crippen LogP contribution in [0.25, 0.3) is 0 Å². The van der Waals surface area contributed by atoms with Gasteiger partial charge in [0.25, 0.3) is 0 Å². The first kappa shape index (κ1) is 34.2. The molecule has 0 rings (SSSR count). The molecule has 0 heterocycles. The zero-order chi connectivity index (χ0) is 22.3. The fourth-order valence-corrected chi connectivity index (χ4v) is 4.31. The number of carboxylic acid groups (broad SMARTS) is 1. The van der Waals surface area contributed by atoms with E-state index in [-0.39, 0.29) is 57.8 Å². The number of hydrogen-bond acceptors (Lipinski definition) is 3. The molecule has 0 spiro atoms. The summed E-state index contributed by atoms with van der Waals surface area (Å²) in [4.78, 5) is 13.4. The molecule has 0 N–H and O–H groups in total. The van der Waals surface area contributed by atoms with Gasteiger partial charge in [-0.05, 0) is 45.7 Å². The normalized spacial score (nSPS) is 12.1. The second-order valence-electron chi connectivity index (χ2n) is 9.45. The molecule has 0 aliphatic carbocycles. The summed E-state index contributed by atoms with van der Waals surface area (Å²) in [6.45, 7) is 9.00. The number of nitrogens with zero attached hydrogens (tertiary/aromatic N) is 1. The molecule has 0 fully saturated rings. The van der Waals surface area contributed by atoms with Crippen LogP contribution in [0.3, 0.4) is 0 Å². The van der Waals surface area contributed by atoms with Crippen LogP contribution in [0.15, 0.2) is 0 Å². The van der Waals surface area contributed by atoms with Crippen molar-refractivity contribution < 1.29 is 61.3 Å². The molecule has 0 aromatic heterocycles. The number of rotatable bonds is 24. The topological polar surface area (TPSA) is 43.4 Å². The van der Waals surface area contributed by atoms with Crippen LogP contribution in [0.2, 0.25) is 0 Å². The molecule has 3 nitrogen and oxygen atoms in total. The molecule has 0 aromatic carbocycles. The van der Waals surface area contributed by atoms with E-state index in [0.29, 0.717) is 6.04 Å². The van der Waals surface area contributed by atoms with Crippen molar-refractivity contribution in [3.8, 4) is 0 Å². The largest absolute Gasteiger partial charge is 1.00 e. The van der Waals surface area contributed by atoms with E-state index >= 15 is 0 Å². The first-order valence-corrected chi connectivity index (χ1v) is 13.6. The fraction of sp³-hybridized carbons (Fsp3) is 0.963. The van der Waals surface area contributed by atoms with Crippen molar-refractivity contribution in [3.05, 3.63) is 0 Å². The summed E-state index contributed by atoms with van der Waals surface area (Å²) >= 11 is 0. The molecule has 0 aliphatic heterocycles. The van der Waals surface area contributed by atoms with Gasteiger partial charge in [-0.3, -0.25) is 0 Å². The molecule has 0 bridgehead atoms. The molecule has 0 amide bonds. The van der Waals surface area contributed by atoms with E-state index in [9.17, 15) is 9.90 Å². The van der Waals surface area contributed by atoms with Crippen LogP contribution in [-0.4, -0.2) is 30.0 Å². The third-order valence-electron chi connectivity index (χ3n) is 6.49. The Balaban J connectivity index is 0. The van der Waals surface area contributed by atoms with Crippen LogP contribution < -0.4 is 56.5 Å². The molecule has 0 radical (unpaired) electrons. The van der Waals surface area contributed by atoms with Crippen LogP contribution in [0.4, 0.5) is 0 Å². The van der Waals surface area contributed by atoms with Gasteiger partial charge in [0.15, 0.2) is 0 Å². The van der Waals surface area contributed by atoms with Crippen molar-refractivity contribution in [1.29, 1.82) is 0 Å². The summed E-state index contributed by atoms with van der Waals surface area (Å²) in [5, 5.41) is 10.8. The van der Waals surface area contributed by atoms with Crippen molar-refractivity contribution in [2.75, 3.05) is 13.1 Å². The van der Waals surface area contributed by atoms with Gasteiger partial charge in [-0.15, -0.1) is 0 Å². The van der Waals surface area contributed by atoms with Gasteiger partial charge in [0.05, 0.1) is 0 Å². The van der Waals surface area contributed by atoms with Gasteiger partial charge >= 0.3 is 51.4 Å². The second-order valence-corrected chi connectivity index (χ2v) is 9.45. The van der Waals surface area contributed by atoms with Gasteiger partial charge < -0.3 is 14.8 Å². The molecule has 1 unspecified atom stereocenters. The average Bonchev–Trinajstić information content (AvgIpc) is 2.73. The van der Waals surface area contributed by atoms with E-state index in [1.165, 1.54) is 116 Å². The molecule has 4 heteroatoms. The summed E-state index contributed by atoms with van der Waals surface area (Å²) in [5.74, 6) is -0.909. The van der Waals surface area contributed by atoms with Crippen LogP contribution >= 0.6 is 0 Å². The van der Waals surface area contributed by atoms with E-state index in [1.54, 1.807) is 0 Å². The van der Waals surface area contributed by atoms with Gasteiger partial charge in [-0.25, -0.2) is 0 Å². The Hall–Kier alpha value is 1.07. The molecule has 31 heavy (non-hydrogen) atoms. The van der Waals surface area contributed by atoms with Crippen molar-refractivity contribution >= 4 is 5.97 Å². The van der Waals surface area contributed by atoms with E-state index in [2.05, 4.69) is 25.7 Å². The smallest absolute Gasteiger partial charge is 0.550 e. The maximum absolute atomic E-state index is 10.8. The zero-order valence-electron chi connectivity index (χ0n) is 21.9. The van der Waals surface area contributed by atoms with Crippen molar-refractivity contribution in [3.63, 3.8) is 0 Å². The van der Waals surface area contributed by atoms with E-state index in [0.717, 1.165) is 19.5 Å². The SMILES string of the molecule is CCCCCCCCCCCN(CCCCCCCCCCC)C(C)CCC(=O)[O-].[K+]. The third kappa shape index (κ3) is 25.5. The van der Waals surface area contributed by atoms with Gasteiger partial charge in [-0.1, -0.05) is 117 Å². The van der Waals surface area contributed by atoms with Crippen LogP contribution in [0.1, 0.15) is 149 Å². The quantitative estimate of drug-likeness (QED) is 0.159. The Morgan fingerprint density at radius 1 is 0.645 bits per heavy atom. The van der Waals surface area contributed by atoms with Crippen LogP contribution in [-0.2, 0) is 4.79 Å². The number of carboxylic acids is 1. The molecule has 0 saturated carbocycles. The summed E-state index contributed by atoms with van der Waals surface area (Å²) in [5.41, 5.74) is 0. The van der Waals surface area contributed by atoms with E-state index < -0.39 is 5.97 Å². The second kappa shape index (κ2) is 27.3. The van der Waals surface area contributed by atoms with Crippen molar-refractivity contribution in [1.82, 2.24) is 4.90 Å². The molecule has 0 saturated heterocycles. The Morgan fingerprint density at radius 2 is 0.968 bits per heavy atom. The molecule has 0 aliphatic rings. The predicted octanol–water partition coefficient (Wildman–Crippen LogP) is 4.27. The van der Waals surface area contributed by atoms with Gasteiger partial charge in [0, 0.05) is 12.0 Å². The number of carbonyl (C=O) groups is 1. The minimum absolute atomic E-state index is 0. The van der Waals surface area contributed by atoms with Gasteiger partial charge in [0.1, 0.15) is 0 Å². The molecule has 180 valence electrons. The first-order chi connectivity index (χ1) is 14.6.